The lowest BCUT2D eigenvalue weighted by molar-refractivity contribution is 0.0492. The summed E-state index contributed by atoms with van der Waals surface area (Å²) in [6.07, 6.45) is 4.94. The third-order valence-electron chi connectivity index (χ3n) is 2.73. The van der Waals surface area contributed by atoms with Crippen LogP contribution in [0.4, 0.5) is 9.59 Å². The first-order valence-electron chi connectivity index (χ1n) is 7.87. The Balaban J connectivity index is 0.000000472. The van der Waals surface area contributed by atoms with Crippen LogP contribution in [0.15, 0.2) is 0 Å². The van der Waals surface area contributed by atoms with Crippen molar-refractivity contribution >= 4 is 12.2 Å². The normalized spacial score (nSPS) is 16.1. The van der Waals surface area contributed by atoms with Crippen molar-refractivity contribution < 1.29 is 19.1 Å². The molecule has 1 rings (SSSR count). The molecule has 130 valence electrons. The minimum absolute atomic E-state index is 0.274. The van der Waals surface area contributed by atoms with Crippen LogP contribution in [-0.4, -0.2) is 29.4 Å². The molecule has 0 aromatic heterocycles. The second kappa shape index (κ2) is 8.86. The van der Waals surface area contributed by atoms with Gasteiger partial charge in [0.2, 0.25) is 0 Å². The molecule has 0 aromatic carbocycles. The van der Waals surface area contributed by atoms with Crippen molar-refractivity contribution in [2.45, 2.75) is 90.9 Å². The first kappa shape index (κ1) is 20.5. The van der Waals surface area contributed by atoms with Crippen LogP contribution in [0, 0.1) is 0 Å². The summed E-state index contributed by atoms with van der Waals surface area (Å²) >= 11 is 0. The molecule has 22 heavy (non-hydrogen) atoms. The quantitative estimate of drug-likeness (QED) is 0.771. The van der Waals surface area contributed by atoms with Gasteiger partial charge < -0.3 is 20.5 Å². The molecule has 3 N–H and O–H groups in total. The summed E-state index contributed by atoms with van der Waals surface area (Å²) in [5, 5.41) is 2.91. The highest BCUT2D eigenvalue weighted by Gasteiger charge is 2.20. The predicted octanol–water partition coefficient (Wildman–Crippen LogP) is 3.72. The smallest absolute Gasteiger partial charge is 0.407 e. The topological polar surface area (TPSA) is 90.7 Å². The van der Waals surface area contributed by atoms with Gasteiger partial charge in [0.1, 0.15) is 11.2 Å². The Labute approximate surface area is 134 Å². The van der Waals surface area contributed by atoms with Crippen molar-refractivity contribution in [2.24, 2.45) is 5.73 Å². The third kappa shape index (κ3) is 13.5. The first-order valence-corrected chi connectivity index (χ1v) is 7.87. The highest BCUT2D eigenvalue weighted by molar-refractivity contribution is 5.68. The first-order chi connectivity index (χ1) is 9.89. The number of hydrogen-bond donors (Lipinski definition) is 2. The van der Waals surface area contributed by atoms with Gasteiger partial charge in [0, 0.05) is 6.04 Å². The summed E-state index contributed by atoms with van der Waals surface area (Å²) in [5.74, 6) is 0. The lowest BCUT2D eigenvalue weighted by Gasteiger charge is -2.25. The molecule has 0 saturated heterocycles. The van der Waals surface area contributed by atoms with E-state index >= 15 is 0 Å². The molecule has 1 aliphatic rings. The minimum Gasteiger partial charge on any atom is -0.444 e. The molecule has 0 heterocycles. The second-order valence-corrected chi connectivity index (χ2v) is 7.51. The third-order valence-corrected chi connectivity index (χ3v) is 2.73. The Kier molecular flexibility index (Phi) is 8.27. The number of nitrogens with two attached hydrogens (primary N) is 1. The van der Waals surface area contributed by atoms with Crippen LogP contribution in [0.25, 0.3) is 0 Å². The van der Waals surface area contributed by atoms with Crippen molar-refractivity contribution in [3.63, 3.8) is 0 Å². The average Bonchev–Trinajstić information content (AvgIpc) is 2.24. The second-order valence-electron chi connectivity index (χ2n) is 7.51. The highest BCUT2D eigenvalue weighted by Crippen LogP contribution is 2.18. The number of rotatable bonds is 1. The number of ether oxygens (including phenoxy) is 2. The Bertz CT molecular complexity index is 350. The van der Waals surface area contributed by atoms with E-state index < -0.39 is 17.3 Å². The Morgan fingerprint density at radius 1 is 0.909 bits per heavy atom. The average molecular weight is 316 g/mol. The van der Waals surface area contributed by atoms with E-state index in [1.54, 1.807) is 20.8 Å². The number of alkyl carbamates (subject to hydrolysis) is 1. The van der Waals surface area contributed by atoms with Gasteiger partial charge in [-0.15, -0.1) is 0 Å². The SMILES string of the molecule is CC(C)(C)OC(=O)NC1CCCCC1.CC(C)(C)OC(N)=O. The fraction of sp³-hybridized carbons (Fsp3) is 0.875. The van der Waals surface area contributed by atoms with Crippen molar-refractivity contribution in [1.82, 2.24) is 5.32 Å². The monoisotopic (exact) mass is 316 g/mol. The molecule has 0 aromatic rings. The molecule has 1 saturated carbocycles. The molecule has 0 bridgehead atoms. The van der Waals surface area contributed by atoms with E-state index in [9.17, 15) is 9.59 Å². The van der Waals surface area contributed by atoms with E-state index in [1.165, 1.54) is 19.3 Å². The molecular weight excluding hydrogens is 284 g/mol. The summed E-state index contributed by atoms with van der Waals surface area (Å²) in [4.78, 5) is 21.4. The molecule has 1 fully saturated rings. The van der Waals surface area contributed by atoms with E-state index in [-0.39, 0.29) is 6.09 Å². The van der Waals surface area contributed by atoms with Gasteiger partial charge in [-0.3, -0.25) is 0 Å². The van der Waals surface area contributed by atoms with E-state index in [4.69, 9.17) is 10.5 Å². The zero-order valence-electron chi connectivity index (χ0n) is 14.8. The largest absolute Gasteiger partial charge is 0.444 e. The Morgan fingerprint density at radius 2 is 1.36 bits per heavy atom. The summed E-state index contributed by atoms with van der Waals surface area (Å²) in [6.45, 7) is 10.9. The maximum atomic E-state index is 11.4. The summed E-state index contributed by atoms with van der Waals surface area (Å²) in [6, 6.07) is 0.332. The van der Waals surface area contributed by atoms with Crippen molar-refractivity contribution in [1.29, 1.82) is 0 Å². The van der Waals surface area contributed by atoms with Crippen LogP contribution in [-0.2, 0) is 9.47 Å². The Morgan fingerprint density at radius 3 is 1.68 bits per heavy atom. The van der Waals surface area contributed by atoms with Crippen molar-refractivity contribution in [3.05, 3.63) is 0 Å². The summed E-state index contributed by atoms with van der Waals surface area (Å²) in [7, 11) is 0. The lowest BCUT2D eigenvalue weighted by atomic mass is 9.96. The molecule has 0 unspecified atom stereocenters. The molecule has 6 nitrogen and oxygen atoms in total. The molecule has 0 radical (unpaired) electrons. The number of carbonyl (C=O) groups is 2. The molecule has 0 spiro atoms. The van der Waals surface area contributed by atoms with Crippen molar-refractivity contribution in [2.75, 3.05) is 0 Å². The number of carbonyl (C=O) groups excluding carboxylic acids is 2. The van der Waals surface area contributed by atoms with Crippen LogP contribution < -0.4 is 11.1 Å². The Hall–Kier alpha value is -1.46. The molecule has 0 atom stereocenters. The zero-order valence-corrected chi connectivity index (χ0v) is 14.8. The molecule has 1 aliphatic carbocycles. The maximum Gasteiger partial charge on any atom is 0.407 e. The van der Waals surface area contributed by atoms with Gasteiger partial charge in [-0.25, -0.2) is 9.59 Å². The fourth-order valence-corrected chi connectivity index (χ4v) is 2.02. The predicted molar refractivity (Wildman–Crippen MR) is 86.7 cm³/mol. The number of primary amides is 1. The van der Waals surface area contributed by atoms with Crippen molar-refractivity contribution in [3.8, 4) is 0 Å². The van der Waals surface area contributed by atoms with E-state index in [0.717, 1.165) is 12.8 Å². The molecule has 0 aliphatic heterocycles. The van der Waals surface area contributed by atoms with Crippen LogP contribution in [0.5, 0.6) is 0 Å². The van der Waals surface area contributed by atoms with Gasteiger partial charge >= 0.3 is 12.2 Å². The number of amides is 2. The lowest BCUT2D eigenvalue weighted by Crippen LogP contribution is -2.39. The summed E-state index contributed by atoms with van der Waals surface area (Å²) in [5.41, 5.74) is 3.87. The molecule has 6 heteroatoms. The summed E-state index contributed by atoms with van der Waals surface area (Å²) < 4.78 is 9.77. The van der Waals surface area contributed by atoms with Crippen LogP contribution in [0.2, 0.25) is 0 Å². The molecular formula is C16H32N2O4. The van der Waals surface area contributed by atoms with Crippen LogP contribution >= 0.6 is 0 Å². The molecule has 2 amide bonds. The standard InChI is InChI=1S/C11H21NO2.C5H11NO2/c1-11(2,3)14-10(13)12-9-7-5-4-6-8-9;1-5(2,3)8-4(6)7/h9H,4-8H2,1-3H3,(H,12,13);1-3H3,(H2,6,7). The van der Waals surface area contributed by atoms with E-state index in [1.807, 2.05) is 20.8 Å². The van der Waals surface area contributed by atoms with Gasteiger partial charge in [-0.2, -0.15) is 0 Å². The highest BCUT2D eigenvalue weighted by atomic mass is 16.6. The van der Waals surface area contributed by atoms with Crippen LogP contribution in [0.3, 0.4) is 0 Å². The maximum absolute atomic E-state index is 11.4. The van der Waals surface area contributed by atoms with Gasteiger partial charge in [0.25, 0.3) is 0 Å². The zero-order chi connectivity index (χ0) is 17.4. The number of nitrogens with one attached hydrogen (secondary N) is 1. The van der Waals surface area contributed by atoms with Gasteiger partial charge in [-0.1, -0.05) is 19.3 Å². The minimum atomic E-state index is -0.725. The van der Waals surface area contributed by atoms with E-state index in [2.05, 4.69) is 10.1 Å². The number of hydrogen-bond acceptors (Lipinski definition) is 4. The van der Waals surface area contributed by atoms with Gasteiger partial charge in [0.15, 0.2) is 0 Å². The van der Waals surface area contributed by atoms with Crippen LogP contribution in [0.1, 0.15) is 73.6 Å². The van der Waals surface area contributed by atoms with Gasteiger partial charge in [0.05, 0.1) is 0 Å². The van der Waals surface area contributed by atoms with Gasteiger partial charge in [-0.05, 0) is 54.4 Å². The fourth-order valence-electron chi connectivity index (χ4n) is 2.02. The van der Waals surface area contributed by atoms with E-state index in [0.29, 0.717) is 6.04 Å².